The molecule has 5 nitrogen and oxygen atoms in total. The first kappa shape index (κ1) is 8.93. The number of hydrogen-bond donors (Lipinski definition) is 1. The second kappa shape index (κ2) is 2.67. The van der Waals surface area contributed by atoms with Crippen LogP contribution < -0.4 is 0 Å². The van der Waals surface area contributed by atoms with Gasteiger partial charge in [-0.15, -0.1) is 0 Å². The van der Waals surface area contributed by atoms with Crippen molar-refractivity contribution >= 4 is 5.97 Å². The Bertz CT molecular complexity index is 237. The van der Waals surface area contributed by atoms with E-state index in [1.165, 1.54) is 0 Å². The fourth-order valence-corrected chi connectivity index (χ4v) is 1.67. The molecule has 0 saturated carbocycles. The molecule has 0 radical (unpaired) electrons. The Morgan fingerprint density at radius 1 is 1.46 bits per heavy atom. The van der Waals surface area contributed by atoms with Crippen molar-refractivity contribution in [2.75, 3.05) is 6.61 Å². The van der Waals surface area contributed by atoms with Crippen molar-refractivity contribution in [2.45, 2.75) is 37.9 Å². The van der Waals surface area contributed by atoms with Gasteiger partial charge in [0.2, 0.25) is 0 Å². The number of rotatable bonds is 1. The predicted molar refractivity (Wildman–Crippen MR) is 40.8 cm³/mol. The smallest absolute Gasteiger partial charge is 0.338 e. The molecule has 13 heavy (non-hydrogen) atoms. The van der Waals surface area contributed by atoms with Gasteiger partial charge in [-0.05, 0) is 13.8 Å². The summed E-state index contributed by atoms with van der Waals surface area (Å²) in [5.41, 5.74) is 0. The Balaban J connectivity index is 2.17. The molecule has 2 heterocycles. The van der Waals surface area contributed by atoms with Crippen LogP contribution in [0.5, 0.6) is 0 Å². The van der Waals surface area contributed by atoms with Crippen LogP contribution in [0.4, 0.5) is 0 Å². The quantitative estimate of drug-likeness (QED) is 0.558. The zero-order chi connectivity index (χ0) is 9.64. The molecular weight excluding hydrogens is 176 g/mol. The highest BCUT2D eigenvalue weighted by molar-refractivity contribution is 5.78. The Morgan fingerprint density at radius 3 is 2.77 bits per heavy atom. The van der Waals surface area contributed by atoms with Crippen LogP contribution in [0, 0.1) is 0 Å². The lowest BCUT2D eigenvalue weighted by molar-refractivity contribution is -0.188. The molecule has 2 saturated heterocycles. The van der Waals surface area contributed by atoms with E-state index in [1.807, 2.05) is 0 Å². The van der Waals surface area contributed by atoms with Crippen molar-refractivity contribution in [2.24, 2.45) is 0 Å². The number of aliphatic hydroxyl groups is 1. The maximum Gasteiger partial charge on any atom is 0.338 e. The van der Waals surface area contributed by atoms with Crippen LogP contribution in [0.1, 0.15) is 13.8 Å². The Kier molecular flexibility index (Phi) is 1.83. The summed E-state index contributed by atoms with van der Waals surface area (Å²) in [5, 5.41) is 8.89. The van der Waals surface area contributed by atoms with Crippen molar-refractivity contribution in [1.82, 2.24) is 0 Å². The Morgan fingerprint density at radius 2 is 2.15 bits per heavy atom. The van der Waals surface area contributed by atoms with E-state index in [1.54, 1.807) is 13.8 Å². The third-order valence-electron chi connectivity index (χ3n) is 2.18. The summed E-state index contributed by atoms with van der Waals surface area (Å²) in [6.07, 6.45) is -1.72. The van der Waals surface area contributed by atoms with Crippen molar-refractivity contribution in [3.63, 3.8) is 0 Å². The zero-order valence-electron chi connectivity index (χ0n) is 7.52. The van der Waals surface area contributed by atoms with Gasteiger partial charge in [0.05, 0.1) is 6.61 Å². The number of hydrogen-bond acceptors (Lipinski definition) is 5. The number of esters is 1. The van der Waals surface area contributed by atoms with Crippen molar-refractivity contribution in [1.29, 1.82) is 0 Å². The van der Waals surface area contributed by atoms with Crippen LogP contribution in [0.2, 0.25) is 0 Å². The van der Waals surface area contributed by atoms with Gasteiger partial charge in [-0.2, -0.15) is 0 Å². The lowest BCUT2D eigenvalue weighted by atomic mass is 10.1. The van der Waals surface area contributed by atoms with Gasteiger partial charge in [0, 0.05) is 0 Å². The Labute approximate surface area is 75.6 Å². The van der Waals surface area contributed by atoms with Crippen LogP contribution in [-0.4, -0.2) is 41.8 Å². The number of carbonyl (C=O) groups is 1. The average molecular weight is 188 g/mol. The number of carbonyl (C=O) groups excluding carboxylic acids is 1. The van der Waals surface area contributed by atoms with Crippen LogP contribution in [-0.2, 0) is 19.0 Å². The van der Waals surface area contributed by atoms with Crippen LogP contribution in [0.3, 0.4) is 0 Å². The number of aliphatic hydroxyl groups excluding tert-OH is 1. The minimum atomic E-state index is -0.762. The Hall–Kier alpha value is -0.650. The molecule has 2 aliphatic heterocycles. The highest BCUT2D eigenvalue weighted by atomic mass is 16.8. The fourth-order valence-electron chi connectivity index (χ4n) is 1.67. The molecule has 0 aromatic heterocycles. The lowest BCUT2D eigenvalue weighted by Crippen LogP contribution is -2.31. The van der Waals surface area contributed by atoms with E-state index in [4.69, 9.17) is 19.3 Å². The molecule has 0 unspecified atom stereocenters. The first-order valence-corrected chi connectivity index (χ1v) is 4.20. The number of ether oxygens (including phenoxy) is 3. The summed E-state index contributed by atoms with van der Waals surface area (Å²) in [6.45, 7) is 3.23. The van der Waals surface area contributed by atoms with E-state index in [9.17, 15) is 4.79 Å². The lowest BCUT2D eigenvalue weighted by Gasteiger charge is -2.20. The molecule has 74 valence electrons. The first-order chi connectivity index (χ1) is 6.03. The van der Waals surface area contributed by atoms with Gasteiger partial charge in [-0.3, -0.25) is 0 Å². The normalized spacial score (nSPS) is 41.8. The average Bonchev–Trinajstić information content (AvgIpc) is 2.47. The van der Waals surface area contributed by atoms with E-state index >= 15 is 0 Å². The first-order valence-electron chi connectivity index (χ1n) is 4.20. The van der Waals surface area contributed by atoms with E-state index in [0.29, 0.717) is 0 Å². The van der Waals surface area contributed by atoms with Crippen LogP contribution >= 0.6 is 0 Å². The summed E-state index contributed by atoms with van der Waals surface area (Å²) in [7, 11) is 0. The fraction of sp³-hybridized carbons (Fsp3) is 0.875. The van der Waals surface area contributed by atoms with Gasteiger partial charge < -0.3 is 19.3 Å². The summed E-state index contributed by atoms with van der Waals surface area (Å²) < 4.78 is 15.6. The zero-order valence-corrected chi connectivity index (χ0v) is 7.52. The van der Waals surface area contributed by atoms with Gasteiger partial charge in [0.25, 0.3) is 0 Å². The largest absolute Gasteiger partial charge is 0.455 e. The minimum Gasteiger partial charge on any atom is -0.455 e. The molecule has 2 rings (SSSR count). The topological polar surface area (TPSA) is 65.0 Å². The second-order valence-electron chi connectivity index (χ2n) is 3.68. The van der Waals surface area contributed by atoms with Gasteiger partial charge >= 0.3 is 5.97 Å². The maximum absolute atomic E-state index is 11.2. The molecule has 0 spiro atoms. The molecule has 0 bridgehead atoms. The van der Waals surface area contributed by atoms with E-state index in [2.05, 4.69) is 0 Å². The number of fused-ring (bicyclic) bond motifs is 1. The molecule has 0 aliphatic carbocycles. The summed E-state index contributed by atoms with van der Waals surface area (Å²) >= 11 is 0. The van der Waals surface area contributed by atoms with Gasteiger partial charge in [-0.1, -0.05) is 0 Å². The standard InChI is InChI=1S/C8H12O5/c1-8(2)12-5-4(3-9)11-7(10)6(5)13-8/h4-6,9H,3H2,1-2H3/t4-,5-,6+/m1/s1. The molecule has 0 aromatic carbocycles. The summed E-state index contributed by atoms with van der Waals surface area (Å²) in [5.74, 6) is -1.21. The van der Waals surface area contributed by atoms with Gasteiger partial charge in [0.15, 0.2) is 18.0 Å². The molecule has 3 atom stereocenters. The monoisotopic (exact) mass is 188 g/mol. The van der Waals surface area contributed by atoms with E-state index in [-0.39, 0.29) is 6.61 Å². The number of cyclic esters (lactones) is 1. The summed E-state index contributed by atoms with van der Waals surface area (Å²) in [4.78, 5) is 11.2. The van der Waals surface area contributed by atoms with Crippen LogP contribution in [0.15, 0.2) is 0 Å². The molecule has 1 N–H and O–H groups in total. The van der Waals surface area contributed by atoms with Crippen molar-refractivity contribution in [3.8, 4) is 0 Å². The molecular formula is C8H12O5. The second-order valence-corrected chi connectivity index (χ2v) is 3.68. The summed E-state index contributed by atoms with van der Waals surface area (Å²) in [6, 6.07) is 0. The minimum absolute atomic E-state index is 0.230. The third-order valence-corrected chi connectivity index (χ3v) is 2.18. The van der Waals surface area contributed by atoms with E-state index < -0.39 is 30.1 Å². The predicted octanol–water partition coefficient (Wildman–Crippen LogP) is -0.576. The SMILES string of the molecule is CC1(C)O[C@H]2[C@H](O1)C(=O)O[C@@H]2CO. The van der Waals surface area contributed by atoms with Gasteiger partial charge in [0.1, 0.15) is 6.10 Å². The van der Waals surface area contributed by atoms with Gasteiger partial charge in [-0.25, -0.2) is 4.79 Å². The molecule has 2 fully saturated rings. The molecule has 5 heteroatoms. The highest BCUT2D eigenvalue weighted by Crippen LogP contribution is 2.35. The molecule has 2 aliphatic rings. The van der Waals surface area contributed by atoms with Crippen molar-refractivity contribution in [3.05, 3.63) is 0 Å². The maximum atomic E-state index is 11.2. The molecule has 0 aromatic rings. The highest BCUT2D eigenvalue weighted by Gasteiger charge is 2.55. The van der Waals surface area contributed by atoms with Crippen molar-refractivity contribution < 1.29 is 24.1 Å². The molecule has 0 amide bonds. The third kappa shape index (κ3) is 1.33. The van der Waals surface area contributed by atoms with E-state index in [0.717, 1.165) is 0 Å². The van der Waals surface area contributed by atoms with Crippen LogP contribution in [0.25, 0.3) is 0 Å².